The minimum atomic E-state index is -0.324. The normalized spacial score (nSPS) is 41.0. The van der Waals surface area contributed by atoms with E-state index in [1.54, 1.807) is 0 Å². The molecule has 6 nitrogen and oxygen atoms in total. The molecule has 0 unspecified atom stereocenters. The SMILES string of the molecule is O=C(NC1CCOCC1)C12CC3CC(C1)CC(C(=O)NC1CCOCC1)(C3)C2. The van der Waals surface area contributed by atoms with Gasteiger partial charge in [-0.2, -0.15) is 0 Å². The lowest BCUT2D eigenvalue weighted by Gasteiger charge is -2.60. The smallest absolute Gasteiger partial charge is 0.226 e. The van der Waals surface area contributed by atoms with Crippen molar-refractivity contribution >= 4 is 11.8 Å². The fourth-order valence-electron chi connectivity index (χ4n) is 7.15. The molecule has 2 saturated heterocycles. The number of amides is 2. The van der Waals surface area contributed by atoms with Crippen LogP contribution in [0.15, 0.2) is 0 Å². The molecule has 0 atom stereocenters. The van der Waals surface area contributed by atoms with Crippen LogP contribution in [0, 0.1) is 22.7 Å². The highest BCUT2D eigenvalue weighted by atomic mass is 16.5. The van der Waals surface area contributed by atoms with Crippen LogP contribution in [0.5, 0.6) is 0 Å². The van der Waals surface area contributed by atoms with Gasteiger partial charge in [-0.15, -0.1) is 0 Å². The highest BCUT2D eigenvalue weighted by molar-refractivity contribution is 5.88. The Morgan fingerprint density at radius 3 is 1.46 bits per heavy atom. The van der Waals surface area contributed by atoms with Gasteiger partial charge in [-0.3, -0.25) is 9.59 Å². The summed E-state index contributed by atoms with van der Waals surface area (Å²) < 4.78 is 10.9. The molecule has 0 aromatic rings. The van der Waals surface area contributed by atoms with Crippen molar-refractivity contribution in [1.82, 2.24) is 10.6 Å². The van der Waals surface area contributed by atoms with E-state index < -0.39 is 0 Å². The van der Waals surface area contributed by atoms with Crippen LogP contribution in [0.2, 0.25) is 0 Å². The molecule has 4 saturated carbocycles. The molecule has 156 valence electrons. The number of nitrogens with one attached hydrogen (secondary N) is 2. The third kappa shape index (κ3) is 3.36. The minimum absolute atomic E-state index is 0.219. The van der Waals surface area contributed by atoms with Gasteiger partial charge in [-0.25, -0.2) is 0 Å². The molecule has 28 heavy (non-hydrogen) atoms. The van der Waals surface area contributed by atoms with Gasteiger partial charge < -0.3 is 20.1 Å². The summed E-state index contributed by atoms with van der Waals surface area (Å²) in [5.41, 5.74) is -0.648. The monoisotopic (exact) mass is 390 g/mol. The number of carbonyl (C=O) groups is 2. The Labute approximate surface area is 167 Å². The summed E-state index contributed by atoms with van der Waals surface area (Å²) in [5.74, 6) is 1.50. The number of rotatable bonds is 4. The van der Waals surface area contributed by atoms with Crippen LogP contribution in [-0.4, -0.2) is 50.3 Å². The van der Waals surface area contributed by atoms with E-state index in [0.29, 0.717) is 11.8 Å². The second-order valence-electron chi connectivity index (χ2n) is 10.2. The highest BCUT2D eigenvalue weighted by Crippen LogP contribution is 2.65. The number of ether oxygens (including phenoxy) is 2. The minimum Gasteiger partial charge on any atom is -0.381 e. The van der Waals surface area contributed by atoms with Gasteiger partial charge in [-0.05, 0) is 76.0 Å². The van der Waals surface area contributed by atoms with Gasteiger partial charge in [0.25, 0.3) is 0 Å². The second kappa shape index (κ2) is 7.28. The van der Waals surface area contributed by atoms with E-state index in [1.807, 2.05) is 0 Å². The third-order valence-electron chi connectivity index (χ3n) is 8.14. The van der Waals surface area contributed by atoms with Crippen LogP contribution in [0.3, 0.4) is 0 Å². The molecular formula is C22H34N2O4. The van der Waals surface area contributed by atoms with Crippen molar-refractivity contribution in [3.05, 3.63) is 0 Å². The van der Waals surface area contributed by atoms with E-state index in [1.165, 1.54) is 6.42 Å². The molecule has 2 heterocycles. The quantitative estimate of drug-likeness (QED) is 0.771. The van der Waals surface area contributed by atoms with E-state index in [4.69, 9.17) is 9.47 Å². The van der Waals surface area contributed by atoms with E-state index in [9.17, 15) is 9.59 Å². The topological polar surface area (TPSA) is 76.7 Å². The lowest BCUT2D eigenvalue weighted by atomic mass is 9.43. The predicted octanol–water partition coefficient (Wildman–Crippen LogP) is 2.16. The molecule has 0 radical (unpaired) electrons. The lowest BCUT2D eigenvalue weighted by Crippen LogP contribution is -2.63. The van der Waals surface area contributed by atoms with Crippen molar-refractivity contribution < 1.29 is 19.1 Å². The zero-order valence-electron chi connectivity index (χ0n) is 16.8. The maximum Gasteiger partial charge on any atom is 0.226 e. The molecule has 6 fully saturated rings. The maximum absolute atomic E-state index is 13.4. The molecule has 2 N–H and O–H groups in total. The summed E-state index contributed by atoms with van der Waals surface area (Å²) in [6.45, 7) is 2.95. The van der Waals surface area contributed by atoms with Crippen LogP contribution < -0.4 is 10.6 Å². The standard InChI is InChI=1S/C22H34N2O4/c25-19(23-17-1-5-27-6-2-17)21-10-15-9-16(11-21)13-22(12-15,14-21)20(26)24-18-3-7-28-8-4-18/h15-18H,1-14H2,(H,23,25)(H,24,26). The van der Waals surface area contributed by atoms with Crippen LogP contribution in [0.25, 0.3) is 0 Å². The van der Waals surface area contributed by atoms with Crippen molar-refractivity contribution in [2.45, 2.75) is 76.3 Å². The number of hydrogen-bond acceptors (Lipinski definition) is 4. The number of hydrogen-bond donors (Lipinski definition) is 2. The van der Waals surface area contributed by atoms with Gasteiger partial charge >= 0.3 is 0 Å². The van der Waals surface area contributed by atoms with Crippen LogP contribution in [0.1, 0.15) is 64.2 Å². The summed E-state index contributed by atoms with van der Waals surface area (Å²) >= 11 is 0. The summed E-state index contributed by atoms with van der Waals surface area (Å²) in [7, 11) is 0. The molecule has 4 aliphatic carbocycles. The molecule has 0 aromatic carbocycles. The maximum atomic E-state index is 13.4. The molecule has 2 amide bonds. The lowest BCUT2D eigenvalue weighted by molar-refractivity contribution is -0.168. The van der Waals surface area contributed by atoms with Gasteiger partial charge in [0.05, 0.1) is 10.8 Å². The van der Waals surface area contributed by atoms with Crippen molar-refractivity contribution in [2.24, 2.45) is 22.7 Å². The van der Waals surface area contributed by atoms with E-state index in [-0.39, 0.29) is 34.7 Å². The predicted molar refractivity (Wildman–Crippen MR) is 104 cm³/mol. The Morgan fingerprint density at radius 2 is 1.07 bits per heavy atom. The zero-order chi connectivity index (χ0) is 19.2. The Kier molecular flexibility index (Phi) is 4.90. The van der Waals surface area contributed by atoms with Gasteiger partial charge in [0, 0.05) is 38.5 Å². The van der Waals surface area contributed by atoms with Crippen molar-refractivity contribution in [1.29, 1.82) is 0 Å². The van der Waals surface area contributed by atoms with Crippen molar-refractivity contribution in [3.8, 4) is 0 Å². The first-order valence-electron chi connectivity index (χ1n) is 11.3. The van der Waals surface area contributed by atoms with Crippen molar-refractivity contribution in [2.75, 3.05) is 26.4 Å². The molecular weight excluding hydrogens is 356 g/mol. The summed E-state index contributed by atoms with van der Waals surface area (Å²) in [6.07, 6.45) is 9.49. The fraction of sp³-hybridized carbons (Fsp3) is 0.909. The Morgan fingerprint density at radius 1 is 0.679 bits per heavy atom. The van der Waals surface area contributed by atoms with Crippen LogP contribution in [-0.2, 0) is 19.1 Å². The second-order valence-corrected chi connectivity index (χ2v) is 10.2. The first-order valence-corrected chi connectivity index (χ1v) is 11.3. The molecule has 6 aliphatic rings. The zero-order valence-corrected chi connectivity index (χ0v) is 16.8. The largest absolute Gasteiger partial charge is 0.381 e. The summed E-state index contributed by atoms with van der Waals surface area (Å²) in [4.78, 5) is 26.8. The molecule has 2 aliphatic heterocycles. The molecule has 0 spiro atoms. The molecule has 6 rings (SSSR count). The Hall–Kier alpha value is -1.14. The van der Waals surface area contributed by atoms with E-state index >= 15 is 0 Å². The van der Waals surface area contributed by atoms with Gasteiger partial charge in [0.15, 0.2) is 0 Å². The Bertz CT molecular complexity index is 560. The first-order chi connectivity index (χ1) is 13.6. The molecule has 6 heteroatoms. The molecule has 0 aromatic heterocycles. The fourth-order valence-corrected chi connectivity index (χ4v) is 7.15. The highest BCUT2D eigenvalue weighted by Gasteiger charge is 2.63. The van der Waals surface area contributed by atoms with E-state index in [2.05, 4.69) is 10.6 Å². The van der Waals surface area contributed by atoms with Gasteiger partial charge in [0.2, 0.25) is 11.8 Å². The van der Waals surface area contributed by atoms with Crippen LogP contribution >= 0.6 is 0 Å². The van der Waals surface area contributed by atoms with E-state index in [0.717, 1.165) is 84.2 Å². The van der Waals surface area contributed by atoms with Gasteiger partial charge in [0.1, 0.15) is 0 Å². The summed E-state index contributed by atoms with van der Waals surface area (Å²) in [5, 5.41) is 6.69. The average molecular weight is 391 g/mol. The number of carbonyl (C=O) groups excluding carboxylic acids is 2. The van der Waals surface area contributed by atoms with Crippen molar-refractivity contribution in [3.63, 3.8) is 0 Å². The first kappa shape index (κ1) is 18.9. The summed E-state index contributed by atoms with van der Waals surface area (Å²) in [6, 6.07) is 0.475. The molecule has 4 bridgehead atoms. The third-order valence-corrected chi connectivity index (χ3v) is 8.14. The Balaban J connectivity index is 1.31. The van der Waals surface area contributed by atoms with Crippen LogP contribution in [0.4, 0.5) is 0 Å². The average Bonchev–Trinajstić information content (AvgIpc) is 2.68. The van der Waals surface area contributed by atoms with Gasteiger partial charge in [-0.1, -0.05) is 0 Å².